The van der Waals surface area contributed by atoms with Gasteiger partial charge in [0, 0.05) is 6.04 Å². The monoisotopic (exact) mass is 313 g/mol. The van der Waals surface area contributed by atoms with E-state index in [2.05, 4.69) is 20.8 Å². The van der Waals surface area contributed by atoms with Crippen LogP contribution in [0.1, 0.15) is 38.5 Å². The van der Waals surface area contributed by atoms with Gasteiger partial charge in [-0.05, 0) is 29.7 Å². The third-order valence-corrected chi connectivity index (χ3v) is 6.23. The molecule has 1 saturated heterocycles. The van der Waals surface area contributed by atoms with Gasteiger partial charge in [0.1, 0.15) is 11.9 Å². The summed E-state index contributed by atoms with van der Waals surface area (Å²) in [6.07, 6.45) is 6.30. The highest BCUT2D eigenvalue weighted by atomic mass is 32.2. The van der Waals surface area contributed by atoms with Gasteiger partial charge in [0.05, 0.1) is 11.5 Å². The van der Waals surface area contributed by atoms with Gasteiger partial charge >= 0.3 is 0 Å². The van der Waals surface area contributed by atoms with E-state index in [0.29, 0.717) is 19.3 Å². The maximum atomic E-state index is 12.8. The quantitative estimate of drug-likeness (QED) is 0.816. The molecule has 2 heterocycles. The molecule has 0 aromatic carbocycles. The molecule has 1 atom stereocenters. The molecule has 1 aliphatic heterocycles. The predicted molar refractivity (Wildman–Crippen MR) is 74.1 cm³/mol. The smallest absolute Gasteiger partial charge is 0.248 e. The van der Waals surface area contributed by atoms with E-state index in [0.717, 1.165) is 19.3 Å². The summed E-state index contributed by atoms with van der Waals surface area (Å²) in [5, 5.41) is 14.1. The summed E-state index contributed by atoms with van der Waals surface area (Å²) in [4.78, 5) is 12.8. The van der Waals surface area contributed by atoms with Gasteiger partial charge in [0.25, 0.3) is 0 Å². The third-order valence-electron chi connectivity index (χ3n) is 4.46. The molecule has 9 heteroatoms. The summed E-state index contributed by atoms with van der Waals surface area (Å²) < 4.78 is 24.6. The van der Waals surface area contributed by atoms with Crippen LogP contribution in [0.5, 0.6) is 0 Å². The Balaban J connectivity index is 1.79. The molecule has 0 radical (unpaired) electrons. The standard InChI is InChI=1S/C12H19N5O3S/c18-11(14-10-4-7-21(19,20)8-10)12(5-2-1-3-6-12)17-9-13-15-16-17/h9-10H,1-8H2,(H,14,18)/t10-/m1/s1. The Labute approximate surface area is 123 Å². The molecule has 21 heavy (non-hydrogen) atoms. The number of carbonyl (C=O) groups excluding carboxylic acids is 1. The Kier molecular flexibility index (Phi) is 3.68. The fourth-order valence-electron chi connectivity index (χ4n) is 3.28. The second kappa shape index (κ2) is 5.36. The number of carbonyl (C=O) groups is 1. The van der Waals surface area contributed by atoms with Crippen molar-refractivity contribution >= 4 is 15.7 Å². The number of nitrogens with one attached hydrogen (secondary N) is 1. The van der Waals surface area contributed by atoms with Gasteiger partial charge in [-0.2, -0.15) is 0 Å². The lowest BCUT2D eigenvalue weighted by Gasteiger charge is -2.35. The zero-order valence-electron chi connectivity index (χ0n) is 11.7. The van der Waals surface area contributed by atoms with Crippen LogP contribution in [0.25, 0.3) is 0 Å². The number of nitrogens with zero attached hydrogens (tertiary/aromatic N) is 4. The molecule has 2 fully saturated rings. The number of hydrogen-bond donors (Lipinski definition) is 1. The van der Waals surface area contributed by atoms with E-state index in [-0.39, 0.29) is 23.5 Å². The Morgan fingerprint density at radius 1 is 1.29 bits per heavy atom. The lowest BCUT2D eigenvalue weighted by molar-refractivity contribution is -0.133. The zero-order chi connectivity index (χ0) is 14.9. The van der Waals surface area contributed by atoms with Gasteiger partial charge in [-0.1, -0.05) is 19.3 Å². The van der Waals surface area contributed by atoms with Gasteiger partial charge in [-0.3, -0.25) is 4.79 Å². The van der Waals surface area contributed by atoms with Gasteiger partial charge < -0.3 is 5.32 Å². The van der Waals surface area contributed by atoms with Crippen LogP contribution < -0.4 is 5.32 Å². The van der Waals surface area contributed by atoms with Crippen LogP contribution in [0, 0.1) is 0 Å². The molecule has 0 spiro atoms. The molecule has 1 saturated carbocycles. The molecule has 8 nitrogen and oxygen atoms in total. The number of tetrazole rings is 1. The van der Waals surface area contributed by atoms with E-state index in [9.17, 15) is 13.2 Å². The number of hydrogen-bond acceptors (Lipinski definition) is 6. The summed E-state index contributed by atoms with van der Waals surface area (Å²) in [7, 11) is -3.01. The molecule has 1 amide bonds. The molecule has 3 rings (SSSR count). The fourth-order valence-corrected chi connectivity index (χ4v) is 4.96. The van der Waals surface area contributed by atoms with Gasteiger partial charge in [0.15, 0.2) is 9.84 Å². The van der Waals surface area contributed by atoms with Crippen molar-refractivity contribution in [2.24, 2.45) is 0 Å². The van der Waals surface area contributed by atoms with Crippen LogP contribution in [0.4, 0.5) is 0 Å². The van der Waals surface area contributed by atoms with Crippen molar-refractivity contribution in [1.82, 2.24) is 25.5 Å². The van der Waals surface area contributed by atoms with E-state index in [1.165, 1.54) is 11.0 Å². The molecule has 2 aliphatic rings. The Morgan fingerprint density at radius 2 is 2.05 bits per heavy atom. The van der Waals surface area contributed by atoms with Crippen molar-refractivity contribution < 1.29 is 13.2 Å². The highest BCUT2D eigenvalue weighted by Crippen LogP contribution is 2.34. The summed E-state index contributed by atoms with van der Waals surface area (Å²) in [6, 6.07) is -0.294. The van der Waals surface area contributed by atoms with E-state index in [4.69, 9.17) is 0 Å². The van der Waals surface area contributed by atoms with E-state index >= 15 is 0 Å². The zero-order valence-corrected chi connectivity index (χ0v) is 12.5. The van der Waals surface area contributed by atoms with Gasteiger partial charge in [-0.25, -0.2) is 13.1 Å². The first-order chi connectivity index (χ1) is 10.0. The largest absolute Gasteiger partial charge is 0.350 e. The number of rotatable bonds is 3. The Bertz CT molecular complexity index is 607. The number of aromatic nitrogens is 4. The maximum absolute atomic E-state index is 12.8. The lowest BCUT2D eigenvalue weighted by atomic mass is 9.81. The molecule has 1 aliphatic carbocycles. The molecule has 116 valence electrons. The molecule has 1 N–H and O–H groups in total. The molecule has 0 bridgehead atoms. The third kappa shape index (κ3) is 2.78. The van der Waals surface area contributed by atoms with Crippen LogP contribution in [0.15, 0.2) is 6.33 Å². The van der Waals surface area contributed by atoms with Crippen molar-refractivity contribution in [1.29, 1.82) is 0 Å². The van der Waals surface area contributed by atoms with E-state index in [1.807, 2.05) is 0 Å². The Morgan fingerprint density at radius 3 is 2.62 bits per heavy atom. The summed E-state index contributed by atoms with van der Waals surface area (Å²) in [5.74, 6) is 0.0249. The molecular formula is C12H19N5O3S. The van der Waals surface area contributed by atoms with Crippen LogP contribution in [-0.2, 0) is 20.2 Å². The topological polar surface area (TPSA) is 107 Å². The van der Waals surface area contributed by atoms with Crippen LogP contribution >= 0.6 is 0 Å². The first-order valence-electron chi connectivity index (χ1n) is 7.27. The minimum Gasteiger partial charge on any atom is -0.350 e. The van der Waals surface area contributed by atoms with Crippen molar-refractivity contribution in [3.8, 4) is 0 Å². The van der Waals surface area contributed by atoms with Crippen LogP contribution in [0.2, 0.25) is 0 Å². The van der Waals surface area contributed by atoms with Gasteiger partial charge in [-0.15, -0.1) is 5.10 Å². The first-order valence-corrected chi connectivity index (χ1v) is 9.09. The van der Waals surface area contributed by atoms with Crippen molar-refractivity contribution in [3.05, 3.63) is 6.33 Å². The van der Waals surface area contributed by atoms with Crippen molar-refractivity contribution in [2.45, 2.75) is 50.1 Å². The highest BCUT2D eigenvalue weighted by molar-refractivity contribution is 7.91. The first kappa shape index (κ1) is 14.4. The van der Waals surface area contributed by atoms with E-state index in [1.54, 1.807) is 0 Å². The lowest BCUT2D eigenvalue weighted by Crippen LogP contribution is -2.53. The number of sulfone groups is 1. The minimum absolute atomic E-state index is 0.0322. The highest BCUT2D eigenvalue weighted by Gasteiger charge is 2.44. The predicted octanol–water partition coefficient (Wildman–Crippen LogP) is -0.364. The average molecular weight is 313 g/mol. The summed E-state index contributed by atoms with van der Waals surface area (Å²) >= 11 is 0. The molecule has 1 aromatic heterocycles. The molecular weight excluding hydrogens is 294 g/mol. The Hall–Kier alpha value is -1.51. The second-order valence-electron chi connectivity index (χ2n) is 5.92. The SMILES string of the molecule is O=C(N[C@@H]1CCS(=O)(=O)C1)C1(n2cnnn2)CCCCC1. The van der Waals surface area contributed by atoms with Crippen molar-refractivity contribution in [3.63, 3.8) is 0 Å². The van der Waals surface area contributed by atoms with Crippen molar-refractivity contribution in [2.75, 3.05) is 11.5 Å². The fraction of sp³-hybridized carbons (Fsp3) is 0.833. The maximum Gasteiger partial charge on any atom is 0.248 e. The minimum atomic E-state index is -3.01. The van der Waals surface area contributed by atoms with Crippen LogP contribution in [-0.4, -0.2) is 52.1 Å². The van der Waals surface area contributed by atoms with Gasteiger partial charge in [0.2, 0.25) is 5.91 Å². The van der Waals surface area contributed by atoms with E-state index < -0.39 is 15.4 Å². The summed E-state index contributed by atoms with van der Waals surface area (Å²) in [6.45, 7) is 0. The molecule has 1 aromatic rings. The second-order valence-corrected chi connectivity index (χ2v) is 8.15. The normalized spacial score (nSPS) is 27.3. The number of amides is 1. The van der Waals surface area contributed by atoms with Crippen LogP contribution in [0.3, 0.4) is 0 Å². The average Bonchev–Trinajstić information content (AvgIpc) is 3.09. The summed E-state index contributed by atoms with van der Waals surface area (Å²) in [5.41, 5.74) is -0.770. The molecule has 0 unspecified atom stereocenters.